The second-order valence-corrected chi connectivity index (χ2v) is 7.07. The Bertz CT molecular complexity index is 817. The molecule has 4 heterocycles. The zero-order valence-corrected chi connectivity index (χ0v) is 14.8. The lowest BCUT2D eigenvalue weighted by molar-refractivity contribution is 0.110. The van der Waals surface area contributed by atoms with Gasteiger partial charge >= 0.3 is 0 Å². The van der Waals surface area contributed by atoms with E-state index in [0.717, 1.165) is 36.4 Å². The normalized spacial score (nSPS) is 16.0. The summed E-state index contributed by atoms with van der Waals surface area (Å²) in [6.07, 6.45) is 5.62. The van der Waals surface area contributed by atoms with Gasteiger partial charge in [-0.15, -0.1) is 21.5 Å². The van der Waals surface area contributed by atoms with Gasteiger partial charge in [0.15, 0.2) is 11.5 Å². The number of hydrogen-bond donors (Lipinski definition) is 0. The summed E-state index contributed by atoms with van der Waals surface area (Å²) >= 11 is 1.60. The highest BCUT2D eigenvalue weighted by molar-refractivity contribution is 7.13. The van der Waals surface area contributed by atoms with Gasteiger partial charge in [0.1, 0.15) is 6.10 Å². The number of hydrogen-bond acceptors (Lipinski definition) is 7. The summed E-state index contributed by atoms with van der Waals surface area (Å²) in [6.45, 7) is 2.07. The van der Waals surface area contributed by atoms with E-state index in [9.17, 15) is 0 Å². The second-order valence-electron chi connectivity index (χ2n) is 6.12. The van der Waals surface area contributed by atoms with Crippen molar-refractivity contribution >= 4 is 11.3 Å². The summed E-state index contributed by atoms with van der Waals surface area (Å²) in [5.74, 6) is 1.16. The molecule has 3 aromatic heterocycles. The maximum Gasteiger partial charge on any atom is 0.244 e. The Kier molecular flexibility index (Phi) is 4.67. The van der Waals surface area contributed by atoms with Gasteiger partial charge < -0.3 is 9.64 Å². The van der Waals surface area contributed by atoms with Crippen molar-refractivity contribution in [3.8, 4) is 27.8 Å². The van der Waals surface area contributed by atoms with Gasteiger partial charge in [-0.1, -0.05) is 6.07 Å². The fourth-order valence-electron chi connectivity index (χ4n) is 2.86. The molecule has 7 heteroatoms. The fourth-order valence-corrected chi connectivity index (χ4v) is 3.51. The average Bonchev–Trinajstić information content (AvgIpc) is 3.19. The molecule has 128 valence electrons. The molecular weight excluding hydrogens is 334 g/mol. The number of pyridine rings is 1. The van der Waals surface area contributed by atoms with Gasteiger partial charge in [0.2, 0.25) is 5.88 Å². The van der Waals surface area contributed by atoms with E-state index in [1.165, 1.54) is 0 Å². The van der Waals surface area contributed by atoms with E-state index in [2.05, 4.69) is 32.1 Å². The molecule has 0 atom stereocenters. The van der Waals surface area contributed by atoms with Crippen LogP contribution in [0.15, 0.2) is 42.0 Å². The molecule has 0 aliphatic carbocycles. The number of thiophene rings is 1. The third kappa shape index (κ3) is 3.67. The summed E-state index contributed by atoms with van der Waals surface area (Å²) in [6, 6.07) is 7.78. The minimum absolute atomic E-state index is 0.157. The Morgan fingerprint density at radius 1 is 1.12 bits per heavy atom. The number of piperidine rings is 1. The molecule has 0 radical (unpaired) electrons. The van der Waals surface area contributed by atoms with Crippen molar-refractivity contribution in [3.05, 3.63) is 42.0 Å². The van der Waals surface area contributed by atoms with Crippen molar-refractivity contribution in [1.29, 1.82) is 0 Å². The van der Waals surface area contributed by atoms with E-state index in [4.69, 9.17) is 4.74 Å². The van der Waals surface area contributed by atoms with Gasteiger partial charge in [-0.2, -0.15) is 4.98 Å². The smallest absolute Gasteiger partial charge is 0.244 e. The predicted molar refractivity (Wildman–Crippen MR) is 97.5 cm³/mol. The molecular formula is C18H19N5OS. The SMILES string of the molecule is CN1CCC(Oc2nc(-c3cccs3)nnc2-c2ccncc2)CC1. The highest BCUT2D eigenvalue weighted by Gasteiger charge is 2.22. The van der Waals surface area contributed by atoms with Gasteiger partial charge in [0.05, 0.1) is 4.88 Å². The standard InChI is InChI=1S/C18H19N5OS/c1-23-10-6-14(7-11-23)24-18-16(13-4-8-19-9-5-13)21-22-17(20-18)15-3-2-12-25-15/h2-5,8-9,12,14H,6-7,10-11H2,1H3. The van der Waals surface area contributed by atoms with Crippen LogP contribution in [-0.4, -0.2) is 51.3 Å². The van der Waals surface area contributed by atoms with Crippen LogP contribution in [-0.2, 0) is 0 Å². The lowest BCUT2D eigenvalue weighted by atomic mass is 10.1. The molecule has 0 amide bonds. The first-order valence-corrected chi connectivity index (χ1v) is 9.22. The number of ether oxygens (including phenoxy) is 1. The summed E-state index contributed by atoms with van der Waals surface area (Å²) in [5.41, 5.74) is 1.58. The van der Waals surface area contributed by atoms with Crippen molar-refractivity contribution < 1.29 is 4.74 Å². The topological polar surface area (TPSA) is 64.0 Å². The van der Waals surface area contributed by atoms with Crippen LogP contribution in [0.1, 0.15) is 12.8 Å². The van der Waals surface area contributed by atoms with E-state index in [1.54, 1.807) is 23.7 Å². The Morgan fingerprint density at radius 2 is 1.92 bits per heavy atom. The molecule has 3 aromatic rings. The highest BCUT2D eigenvalue weighted by atomic mass is 32.1. The molecule has 1 saturated heterocycles. The number of aromatic nitrogens is 4. The monoisotopic (exact) mass is 353 g/mol. The minimum Gasteiger partial charge on any atom is -0.473 e. The van der Waals surface area contributed by atoms with Crippen LogP contribution in [0.4, 0.5) is 0 Å². The summed E-state index contributed by atoms with van der Waals surface area (Å²) in [4.78, 5) is 12.1. The van der Waals surface area contributed by atoms with Crippen molar-refractivity contribution in [2.24, 2.45) is 0 Å². The maximum atomic E-state index is 6.27. The predicted octanol–water partition coefficient (Wildman–Crippen LogP) is 3.14. The molecule has 0 saturated carbocycles. The van der Waals surface area contributed by atoms with Crippen LogP contribution in [0.5, 0.6) is 5.88 Å². The van der Waals surface area contributed by atoms with Crippen molar-refractivity contribution in [1.82, 2.24) is 25.1 Å². The zero-order chi connectivity index (χ0) is 17.1. The molecule has 1 aliphatic rings. The first kappa shape index (κ1) is 16.1. The lowest BCUT2D eigenvalue weighted by Gasteiger charge is -2.29. The van der Waals surface area contributed by atoms with Gasteiger partial charge in [-0.3, -0.25) is 4.98 Å². The van der Waals surface area contributed by atoms with E-state index < -0.39 is 0 Å². The van der Waals surface area contributed by atoms with Gasteiger partial charge in [0, 0.05) is 31.0 Å². The first-order valence-electron chi connectivity index (χ1n) is 8.34. The Morgan fingerprint density at radius 3 is 2.64 bits per heavy atom. The van der Waals surface area contributed by atoms with Crippen LogP contribution in [0.25, 0.3) is 22.0 Å². The van der Waals surface area contributed by atoms with Crippen LogP contribution < -0.4 is 4.74 Å². The third-order valence-corrected chi connectivity index (χ3v) is 5.16. The number of likely N-dealkylation sites (tertiary alicyclic amines) is 1. The molecule has 0 bridgehead atoms. The van der Waals surface area contributed by atoms with E-state index >= 15 is 0 Å². The molecule has 4 rings (SSSR count). The summed E-state index contributed by atoms with van der Waals surface area (Å²) in [7, 11) is 2.14. The molecule has 0 aromatic carbocycles. The maximum absolute atomic E-state index is 6.27. The molecule has 25 heavy (non-hydrogen) atoms. The first-order chi connectivity index (χ1) is 12.3. The lowest BCUT2D eigenvalue weighted by Crippen LogP contribution is -2.36. The van der Waals surface area contributed by atoms with Crippen LogP contribution in [0.3, 0.4) is 0 Å². The fraction of sp³-hybridized carbons (Fsp3) is 0.333. The quantitative estimate of drug-likeness (QED) is 0.718. The van der Waals surface area contributed by atoms with Crippen LogP contribution >= 0.6 is 11.3 Å². The number of nitrogens with zero attached hydrogens (tertiary/aromatic N) is 5. The average molecular weight is 353 g/mol. The molecule has 0 unspecified atom stereocenters. The third-order valence-electron chi connectivity index (χ3n) is 4.29. The van der Waals surface area contributed by atoms with Gasteiger partial charge in [-0.05, 0) is 43.5 Å². The molecule has 1 fully saturated rings. The van der Waals surface area contributed by atoms with Crippen molar-refractivity contribution in [3.63, 3.8) is 0 Å². The Labute approximate surface area is 150 Å². The Balaban J connectivity index is 1.68. The highest BCUT2D eigenvalue weighted by Crippen LogP contribution is 2.30. The van der Waals surface area contributed by atoms with Crippen LogP contribution in [0, 0.1) is 0 Å². The van der Waals surface area contributed by atoms with Crippen LogP contribution in [0.2, 0.25) is 0 Å². The molecule has 1 aliphatic heterocycles. The van der Waals surface area contributed by atoms with E-state index in [1.807, 2.05) is 29.6 Å². The zero-order valence-electron chi connectivity index (χ0n) is 14.0. The van der Waals surface area contributed by atoms with Gasteiger partial charge in [-0.25, -0.2) is 0 Å². The Hall–Kier alpha value is -2.38. The number of rotatable bonds is 4. The molecule has 0 N–H and O–H groups in total. The van der Waals surface area contributed by atoms with Crippen molar-refractivity contribution in [2.45, 2.75) is 18.9 Å². The minimum atomic E-state index is 0.157. The van der Waals surface area contributed by atoms with Gasteiger partial charge in [0.25, 0.3) is 0 Å². The largest absolute Gasteiger partial charge is 0.473 e. The second kappa shape index (κ2) is 7.25. The summed E-state index contributed by atoms with van der Waals surface area (Å²) in [5, 5.41) is 10.7. The molecule has 6 nitrogen and oxygen atoms in total. The van der Waals surface area contributed by atoms with E-state index in [-0.39, 0.29) is 6.10 Å². The summed E-state index contributed by atoms with van der Waals surface area (Å²) < 4.78 is 6.27. The van der Waals surface area contributed by atoms with E-state index in [0.29, 0.717) is 17.4 Å². The molecule has 0 spiro atoms. The van der Waals surface area contributed by atoms with Crippen molar-refractivity contribution in [2.75, 3.05) is 20.1 Å².